The molecule has 2 heteroatoms. The van der Waals surface area contributed by atoms with Gasteiger partial charge in [-0.2, -0.15) is 0 Å². The van der Waals surface area contributed by atoms with Crippen molar-refractivity contribution in [3.8, 4) is 0 Å². The minimum absolute atomic E-state index is 0.365. The van der Waals surface area contributed by atoms with E-state index in [0.717, 1.165) is 23.7 Å². The third kappa shape index (κ3) is 4.57. The van der Waals surface area contributed by atoms with Gasteiger partial charge >= 0.3 is 0 Å². The highest BCUT2D eigenvalue weighted by Gasteiger charge is 2.09. The van der Waals surface area contributed by atoms with Crippen molar-refractivity contribution in [2.24, 2.45) is 5.41 Å². The van der Waals surface area contributed by atoms with Gasteiger partial charge in [-0.3, -0.25) is 0 Å². The van der Waals surface area contributed by atoms with Crippen molar-refractivity contribution in [2.75, 3.05) is 11.9 Å². The van der Waals surface area contributed by atoms with E-state index >= 15 is 0 Å². The molecule has 1 aromatic carbocycles. The Morgan fingerprint density at radius 2 is 1.93 bits per heavy atom. The van der Waals surface area contributed by atoms with Crippen molar-refractivity contribution in [1.29, 1.82) is 0 Å². The van der Waals surface area contributed by atoms with E-state index in [1.54, 1.807) is 0 Å². The lowest BCUT2D eigenvalue weighted by molar-refractivity contribution is 0.390. The van der Waals surface area contributed by atoms with E-state index in [4.69, 9.17) is 11.6 Å². The van der Waals surface area contributed by atoms with Crippen LogP contribution in [0.25, 0.3) is 0 Å². The van der Waals surface area contributed by atoms with E-state index in [1.807, 2.05) is 19.1 Å². The van der Waals surface area contributed by atoms with Gasteiger partial charge in [-0.25, -0.2) is 0 Å². The summed E-state index contributed by atoms with van der Waals surface area (Å²) in [7, 11) is 0. The van der Waals surface area contributed by atoms with Gasteiger partial charge in [-0.15, -0.1) is 0 Å². The van der Waals surface area contributed by atoms with E-state index in [0.29, 0.717) is 5.41 Å². The molecule has 0 spiro atoms. The average molecular weight is 226 g/mol. The third-order valence-electron chi connectivity index (χ3n) is 2.32. The number of hydrogen-bond donors (Lipinski definition) is 1. The fourth-order valence-electron chi connectivity index (χ4n) is 1.34. The molecule has 1 N–H and O–H groups in total. The molecule has 1 aromatic rings. The molecule has 1 rings (SSSR count). The lowest BCUT2D eigenvalue weighted by Crippen LogP contribution is -2.12. The molecule has 84 valence electrons. The van der Waals surface area contributed by atoms with Crippen LogP contribution in [0, 0.1) is 12.3 Å². The second-order valence-electron chi connectivity index (χ2n) is 5.22. The summed E-state index contributed by atoms with van der Waals surface area (Å²) in [4.78, 5) is 0. The van der Waals surface area contributed by atoms with Crippen LogP contribution in [0.5, 0.6) is 0 Å². The minimum atomic E-state index is 0.365. The quantitative estimate of drug-likeness (QED) is 0.799. The smallest absolute Gasteiger partial charge is 0.0640 e. The summed E-state index contributed by atoms with van der Waals surface area (Å²) in [6.45, 7) is 9.74. The molecule has 0 amide bonds. The molecule has 0 saturated carbocycles. The molecule has 1 nitrogen and oxygen atoms in total. The first kappa shape index (κ1) is 12.4. The molecule has 0 radical (unpaired) electrons. The molecule has 0 bridgehead atoms. The molecule has 0 aliphatic rings. The Morgan fingerprint density at radius 3 is 2.47 bits per heavy atom. The Bertz CT molecular complexity index is 326. The number of halogens is 1. The maximum absolute atomic E-state index is 6.12. The average Bonchev–Trinajstić information content (AvgIpc) is 2.07. The monoisotopic (exact) mass is 225 g/mol. The second-order valence-corrected chi connectivity index (χ2v) is 5.63. The lowest BCUT2D eigenvalue weighted by atomic mass is 9.92. The SMILES string of the molecule is Cc1ccc(NCCC(C)(C)C)c(Cl)c1. The van der Waals surface area contributed by atoms with Gasteiger partial charge in [0.15, 0.2) is 0 Å². The van der Waals surface area contributed by atoms with Crippen molar-refractivity contribution >= 4 is 17.3 Å². The number of aryl methyl sites for hydroxylation is 1. The maximum Gasteiger partial charge on any atom is 0.0640 e. The van der Waals surface area contributed by atoms with Crippen molar-refractivity contribution in [3.63, 3.8) is 0 Å². The van der Waals surface area contributed by atoms with Gasteiger partial charge in [0.1, 0.15) is 0 Å². The topological polar surface area (TPSA) is 12.0 Å². The Labute approximate surface area is 97.8 Å². The van der Waals surface area contributed by atoms with E-state index in [9.17, 15) is 0 Å². The first-order valence-electron chi connectivity index (χ1n) is 5.38. The standard InChI is InChI=1S/C13H20ClN/c1-10-5-6-12(11(14)9-10)15-8-7-13(2,3)4/h5-6,9,15H,7-8H2,1-4H3. The van der Waals surface area contributed by atoms with Crippen LogP contribution in [0.15, 0.2) is 18.2 Å². The van der Waals surface area contributed by atoms with Crippen molar-refractivity contribution in [3.05, 3.63) is 28.8 Å². The van der Waals surface area contributed by atoms with Gasteiger partial charge < -0.3 is 5.32 Å². The summed E-state index contributed by atoms with van der Waals surface area (Å²) in [6.07, 6.45) is 1.14. The van der Waals surface area contributed by atoms with Crippen molar-refractivity contribution in [1.82, 2.24) is 0 Å². The zero-order valence-electron chi connectivity index (χ0n) is 10.0. The summed E-state index contributed by atoms with van der Waals surface area (Å²) in [6, 6.07) is 6.10. The van der Waals surface area contributed by atoms with Crippen LogP contribution < -0.4 is 5.32 Å². The normalized spacial score (nSPS) is 11.5. The Hall–Kier alpha value is -0.690. The van der Waals surface area contributed by atoms with Crippen LogP contribution in [0.1, 0.15) is 32.8 Å². The van der Waals surface area contributed by atoms with Gasteiger partial charge in [0.25, 0.3) is 0 Å². The van der Waals surface area contributed by atoms with Gasteiger partial charge in [-0.1, -0.05) is 38.4 Å². The zero-order chi connectivity index (χ0) is 11.5. The molecule has 0 atom stereocenters. The molecular weight excluding hydrogens is 206 g/mol. The highest BCUT2D eigenvalue weighted by Crippen LogP contribution is 2.24. The summed E-state index contributed by atoms with van der Waals surface area (Å²) in [5.74, 6) is 0. The van der Waals surface area contributed by atoms with Crippen LogP contribution >= 0.6 is 11.6 Å². The summed E-state index contributed by atoms with van der Waals surface area (Å²) in [5, 5.41) is 4.17. The minimum Gasteiger partial charge on any atom is -0.384 e. The fraction of sp³-hybridized carbons (Fsp3) is 0.538. The van der Waals surface area contributed by atoms with Crippen LogP contribution in [-0.2, 0) is 0 Å². The predicted molar refractivity (Wildman–Crippen MR) is 68.8 cm³/mol. The highest BCUT2D eigenvalue weighted by molar-refractivity contribution is 6.33. The van der Waals surface area contributed by atoms with Crippen molar-refractivity contribution < 1.29 is 0 Å². The second kappa shape index (κ2) is 4.89. The summed E-state index contributed by atoms with van der Waals surface area (Å²) < 4.78 is 0. The van der Waals surface area contributed by atoms with Crippen LogP contribution in [-0.4, -0.2) is 6.54 Å². The molecule has 0 aromatic heterocycles. The number of anilines is 1. The molecule has 0 aliphatic heterocycles. The first-order valence-corrected chi connectivity index (χ1v) is 5.76. The summed E-state index contributed by atoms with van der Waals surface area (Å²) in [5.41, 5.74) is 2.59. The van der Waals surface area contributed by atoms with E-state index in [1.165, 1.54) is 5.56 Å². The van der Waals surface area contributed by atoms with E-state index in [2.05, 4.69) is 32.2 Å². The van der Waals surface area contributed by atoms with Gasteiger partial charge in [0.05, 0.1) is 10.7 Å². The van der Waals surface area contributed by atoms with Crippen LogP contribution in [0.4, 0.5) is 5.69 Å². The first-order chi connectivity index (χ1) is 6.88. The Balaban J connectivity index is 2.51. The van der Waals surface area contributed by atoms with Gasteiger partial charge in [0, 0.05) is 6.54 Å². The molecular formula is C13H20ClN. The van der Waals surface area contributed by atoms with E-state index in [-0.39, 0.29) is 0 Å². The molecule has 0 heterocycles. The molecule has 15 heavy (non-hydrogen) atoms. The molecule has 0 aliphatic carbocycles. The maximum atomic E-state index is 6.12. The van der Waals surface area contributed by atoms with Gasteiger partial charge in [-0.05, 0) is 36.5 Å². The lowest BCUT2D eigenvalue weighted by Gasteiger charge is -2.19. The molecule has 0 unspecified atom stereocenters. The summed E-state index contributed by atoms with van der Waals surface area (Å²) >= 11 is 6.12. The third-order valence-corrected chi connectivity index (χ3v) is 2.63. The van der Waals surface area contributed by atoms with E-state index < -0.39 is 0 Å². The Kier molecular flexibility index (Phi) is 4.04. The number of nitrogens with one attached hydrogen (secondary N) is 1. The highest BCUT2D eigenvalue weighted by atomic mass is 35.5. The number of rotatable bonds is 3. The predicted octanol–water partition coefficient (Wildman–Crippen LogP) is 4.50. The van der Waals surface area contributed by atoms with Gasteiger partial charge in [0.2, 0.25) is 0 Å². The fourth-order valence-corrected chi connectivity index (χ4v) is 1.64. The number of hydrogen-bond acceptors (Lipinski definition) is 1. The number of benzene rings is 1. The largest absolute Gasteiger partial charge is 0.384 e. The Morgan fingerprint density at radius 1 is 1.27 bits per heavy atom. The van der Waals surface area contributed by atoms with Crippen molar-refractivity contribution in [2.45, 2.75) is 34.1 Å². The molecule has 0 fully saturated rings. The zero-order valence-corrected chi connectivity index (χ0v) is 10.8. The van der Waals surface area contributed by atoms with Crippen LogP contribution in [0.2, 0.25) is 5.02 Å². The molecule has 0 saturated heterocycles. The van der Waals surface area contributed by atoms with Crippen LogP contribution in [0.3, 0.4) is 0 Å².